The van der Waals surface area contributed by atoms with Crippen molar-refractivity contribution in [3.63, 3.8) is 0 Å². The zero-order valence-electron chi connectivity index (χ0n) is 25.2. The largest absolute Gasteiger partial charge is 0.504 e. The second-order valence-corrected chi connectivity index (χ2v) is 12.0. The van der Waals surface area contributed by atoms with Crippen molar-refractivity contribution in [3.8, 4) is 23.0 Å². The molecule has 46 heavy (non-hydrogen) atoms. The van der Waals surface area contributed by atoms with Crippen LogP contribution < -0.4 is 14.2 Å². The van der Waals surface area contributed by atoms with Gasteiger partial charge in [-0.3, -0.25) is 0 Å². The summed E-state index contributed by atoms with van der Waals surface area (Å²) in [6.07, 6.45) is -11.1. The molecule has 4 aliphatic heterocycles. The van der Waals surface area contributed by atoms with E-state index in [1.807, 2.05) is 0 Å². The van der Waals surface area contributed by atoms with Crippen molar-refractivity contribution in [3.05, 3.63) is 47.5 Å². The standard InChI is InChI=1S/C31H40O15/c1-39-20-7-14(3-5-18(20)34)25-16-10-42-26(17(16)11-41-25)15-4-6-19(21(8-15)40-2)44-29-27(24(36)23(35)22(9-32)45-29)46-30-28(37)31(38,12-33)13-43-30/h3-8,16-17,22-30,32-38H,9-13H2,1-2H3/t16-,17-,22+,23+,24-,25+,26+,27+,28-,29+,30-,31+/m0/s1. The van der Waals surface area contributed by atoms with Crippen LogP contribution in [0.2, 0.25) is 0 Å². The Hall–Kier alpha value is -2.80. The maximum absolute atomic E-state index is 10.9. The van der Waals surface area contributed by atoms with Gasteiger partial charge in [-0.15, -0.1) is 0 Å². The van der Waals surface area contributed by atoms with Gasteiger partial charge in [0.1, 0.15) is 30.0 Å². The molecule has 15 nitrogen and oxygen atoms in total. The number of phenolic OH excluding ortho intramolecular Hbond substituents is 1. The van der Waals surface area contributed by atoms with E-state index >= 15 is 0 Å². The van der Waals surface area contributed by atoms with Crippen molar-refractivity contribution < 1.29 is 73.6 Å². The fourth-order valence-corrected chi connectivity index (χ4v) is 6.55. The van der Waals surface area contributed by atoms with E-state index in [1.54, 1.807) is 36.4 Å². The Morgan fingerprint density at radius 3 is 2.02 bits per heavy atom. The Kier molecular flexibility index (Phi) is 9.62. The van der Waals surface area contributed by atoms with Gasteiger partial charge in [0.05, 0.1) is 59.5 Å². The van der Waals surface area contributed by atoms with E-state index in [-0.39, 0.29) is 35.5 Å². The average Bonchev–Trinajstić information content (AvgIpc) is 3.76. The van der Waals surface area contributed by atoms with Crippen LogP contribution in [0.25, 0.3) is 0 Å². The van der Waals surface area contributed by atoms with E-state index in [9.17, 15) is 35.7 Å². The molecule has 4 fully saturated rings. The highest BCUT2D eigenvalue weighted by Gasteiger charge is 2.54. The zero-order valence-corrected chi connectivity index (χ0v) is 25.2. The number of phenols is 1. The van der Waals surface area contributed by atoms with Gasteiger partial charge in [-0.25, -0.2) is 0 Å². The highest BCUT2D eigenvalue weighted by molar-refractivity contribution is 5.45. The lowest BCUT2D eigenvalue weighted by Gasteiger charge is -2.42. The van der Waals surface area contributed by atoms with Gasteiger partial charge in [0.2, 0.25) is 6.29 Å². The Morgan fingerprint density at radius 1 is 0.804 bits per heavy atom. The Balaban J connectivity index is 1.19. The molecular weight excluding hydrogens is 612 g/mol. The quantitative estimate of drug-likeness (QED) is 0.166. The normalized spacial score (nSPS) is 38.9. The molecule has 4 aliphatic rings. The molecular formula is C31H40O15. The first kappa shape index (κ1) is 33.1. The Morgan fingerprint density at radius 2 is 1.43 bits per heavy atom. The van der Waals surface area contributed by atoms with Gasteiger partial charge in [-0.2, -0.15) is 0 Å². The summed E-state index contributed by atoms with van der Waals surface area (Å²) in [7, 11) is 2.93. The number of benzene rings is 2. The third-order valence-corrected chi connectivity index (χ3v) is 9.25. The van der Waals surface area contributed by atoms with Gasteiger partial charge >= 0.3 is 0 Å². The summed E-state index contributed by atoms with van der Waals surface area (Å²) < 4.78 is 46.2. The zero-order chi connectivity index (χ0) is 32.7. The van der Waals surface area contributed by atoms with Crippen LogP contribution in [-0.2, 0) is 23.7 Å². The number of hydrogen-bond acceptors (Lipinski definition) is 15. The lowest BCUT2D eigenvalue weighted by molar-refractivity contribution is -0.319. The molecule has 4 heterocycles. The van der Waals surface area contributed by atoms with E-state index in [0.29, 0.717) is 24.7 Å². The maximum Gasteiger partial charge on any atom is 0.229 e. The molecule has 15 heteroatoms. The number of fused-ring (bicyclic) bond motifs is 1. The molecule has 2 aromatic rings. The van der Waals surface area contributed by atoms with E-state index in [2.05, 4.69) is 0 Å². The molecule has 0 aliphatic carbocycles. The van der Waals surface area contributed by atoms with Crippen molar-refractivity contribution in [1.82, 2.24) is 0 Å². The average molecular weight is 653 g/mol. The van der Waals surface area contributed by atoms with Crippen LogP contribution >= 0.6 is 0 Å². The third kappa shape index (κ3) is 5.90. The number of aliphatic hydroxyl groups excluding tert-OH is 5. The first-order chi connectivity index (χ1) is 22.1. The van der Waals surface area contributed by atoms with Crippen LogP contribution in [0.5, 0.6) is 23.0 Å². The van der Waals surface area contributed by atoms with Crippen molar-refractivity contribution in [2.24, 2.45) is 11.8 Å². The minimum Gasteiger partial charge on any atom is -0.504 e. The lowest BCUT2D eigenvalue weighted by atomic mass is 9.85. The molecule has 0 radical (unpaired) electrons. The number of aromatic hydroxyl groups is 1. The lowest BCUT2D eigenvalue weighted by Crippen LogP contribution is -2.62. The minimum absolute atomic E-state index is 0.0260. The molecule has 12 atom stereocenters. The predicted molar refractivity (Wildman–Crippen MR) is 153 cm³/mol. The first-order valence-electron chi connectivity index (χ1n) is 15.0. The molecule has 2 aromatic carbocycles. The van der Waals surface area contributed by atoms with Gasteiger partial charge in [0.25, 0.3) is 0 Å². The summed E-state index contributed by atoms with van der Waals surface area (Å²) >= 11 is 0. The summed E-state index contributed by atoms with van der Waals surface area (Å²) in [6.45, 7) is -0.998. The number of ether oxygens (including phenoxy) is 8. The third-order valence-electron chi connectivity index (χ3n) is 9.25. The highest BCUT2D eigenvalue weighted by Crippen LogP contribution is 2.51. The van der Waals surface area contributed by atoms with Crippen molar-refractivity contribution in [1.29, 1.82) is 0 Å². The molecule has 0 bridgehead atoms. The molecule has 4 saturated heterocycles. The highest BCUT2D eigenvalue weighted by atomic mass is 16.8. The van der Waals surface area contributed by atoms with Gasteiger partial charge in [0, 0.05) is 11.8 Å². The molecule has 0 aromatic heterocycles. The molecule has 7 N–H and O–H groups in total. The summed E-state index contributed by atoms with van der Waals surface area (Å²) in [4.78, 5) is 0. The fourth-order valence-electron chi connectivity index (χ4n) is 6.55. The Bertz CT molecular complexity index is 1360. The predicted octanol–water partition coefficient (Wildman–Crippen LogP) is -0.872. The van der Waals surface area contributed by atoms with Crippen molar-refractivity contribution >= 4 is 0 Å². The first-order valence-corrected chi connectivity index (χ1v) is 15.0. The van der Waals surface area contributed by atoms with E-state index < -0.39 is 68.5 Å². The smallest absolute Gasteiger partial charge is 0.229 e. The number of hydrogen-bond donors (Lipinski definition) is 7. The maximum atomic E-state index is 10.9. The second-order valence-electron chi connectivity index (χ2n) is 12.0. The summed E-state index contributed by atoms with van der Waals surface area (Å²) in [5, 5.41) is 71.5. The van der Waals surface area contributed by atoms with Crippen molar-refractivity contribution in [2.45, 2.75) is 60.9 Å². The number of methoxy groups -OCH3 is 2. The van der Waals surface area contributed by atoms with Crippen LogP contribution in [0.3, 0.4) is 0 Å². The molecule has 254 valence electrons. The van der Waals surface area contributed by atoms with Gasteiger partial charge in [-0.1, -0.05) is 12.1 Å². The number of rotatable bonds is 10. The Labute approximate surface area is 264 Å². The minimum atomic E-state index is -1.99. The summed E-state index contributed by atoms with van der Waals surface area (Å²) in [5.74, 6) is 0.951. The summed E-state index contributed by atoms with van der Waals surface area (Å²) in [5.41, 5.74) is -0.312. The molecule has 0 unspecified atom stereocenters. The summed E-state index contributed by atoms with van der Waals surface area (Å²) in [6, 6.07) is 10.3. The monoisotopic (exact) mass is 652 g/mol. The fraction of sp³-hybridized carbons (Fsp3) is 0.613. The SMILES string of the molecule is COc1cc([C@H]2OC[C@H]3[C@@H]2CO[C@@H]3c2ccc(O[C@@H]3O[C@H](CO)[C@@H](O)[C@H](O)[C@H]3O[C@@H]3OC[C@](O)(CO)[C@H]3O)c(OC)c2)ccc1O. The van der Waals surface area contributed by atoms with Gasteiger partial charge in [0.15, 0.2) is 35.4 Å². The van der Waals surface area contributed by atoms with E-state index in [1.165, 1.54) is 14.2 Å². The van der Waals surface area contributed by atoms with Crippen LogP contribution in [0, 0.1) is 11.8 Å². The van der Waals surface area contributed by atoms with E-state index in [4.69, 9.17) is 37.9 Å². The van der Waals surface area contributed by atoms with E-state index in [0.717, 1.165) is 11.1 Å². The van der Waals surface area contributed by atoms with Crippen LogP contribution in [-0.4, -0.2) is 132 Å². The van der Waals surface area contributed by atoms with Crippen LogP contribution in [0.15, 0.2) is 36.4 Å². The molecule has 0 amide bonds. The molecule has 6 rings (SSSR count). The van der Waals surface area contributed by atoms with Crippen LogP contribution in [0.4, 0.5) is 0 Å². The second kappa shape index (κ2) is 13.4. The van der Waals surface area contributed by atoms with Gasteiger partial charge in [-0.05, 0) is 35.4 Å². The van der Waals surface area contributed by atoms with Gasteiger partial charge < -0.3 is 73.6 Å². The molecule has 0 saturated carbocycles. The van der Waals surface area contributed by atoms with Crippen molar-refractivity contribution in [2.75, 3.05) is 47.3 Å². The topological polar surface area (TPSA) is 215 Å². The molecule has 0 spiro atoms. The van der Waals surface area contributed by atoms with Crippen LogP contribution in [0.1, 0.15) is 23.3 Å². The number of aliphatic hydroxyl groups is 6.